The van der Waals surface area contributed by atoms with E-state index in [1.807, 2.05) is 36.4 Å². The number of amides is 1. The first-order valence-electron chi connectivity index (χ1n) is 5.18. The molecule has 3 nitrogen and oxygen atoms in total. The number of nitrogens with one attached hydrogen (secondary N) is 1. The topological polar surface area (TPSA) is 42.0 Å². The Hall–Kier alpha value is -1.43. The van der Waals surface area contributed by atoms with Gasteiger partial charge < -0.3 is 5.32 Å². The molecule has 0 aliphatic carbocycles. The van der Waals surface area contributed by atoms with Crippen molar-refractivity contribution in [1.29, 1.82) is 0 Å². The summed E-state index contributed by atoms with van der Waals surface area (Å²) in [4.78, 5) is 15.7. The van der Waals surface area contributed by atoms with Crippen LogP contribution in [-0.4, -0.2) is 10.9 Å². The molecule has 0 radical (unpaired) electrons. The van der Waals surface area contributed by atoms with Gasteiger partial charge in [0.05, 0.1) is 0 Å². The van der Waals surface area contributed by atoms with Crippen LogP contribution in [0.15, 0.2) is 48.8 Å². The lowest BCUT2D eigenvalue weighted by molar-refractivity contribution is 0.0951. The van der Waals surface area contributed by atoms with Crippen molar-refractivity contribution in [2.75, 3.05) is 0 Å². The molecule has 1 amide bonds. The Kier molecular flexibility index (Phi) is 4.08. The zero-order chi connectivity index (χ0) is 12.1. The van der Waals surface area contributed by atoms with Crippen LogP contribution >= 0.6 is 22.6 Å². The van der Waals surface area contributed by atoms with Crippen molar-refractivity contribution in [1.82, 2.24) is 10.3 Å². The molecule has 1 heterocycles. The number of pyridine rings is 1. The summed E-state index contributed by atoms with van der Waals surface area (Å²) in [5.41, 5.74) is 1.72. The number of halogens is 1. The second kappa shape index (κ2) is 5.77. The van der Waals surface area contributed by atoms with Gasteiger partial charge in [-0.2, -0.15) is 0 Å². The number of aromatic nitrogens is 1. The number of nitrogens with zero attached hydrogens (tertiary/aromatic N) is 1. The van der Waals surface area contributed by atoms with Gasteiger partial charge in [-0.05, 0) is 64.6 Å². The van der Waals surface area contributed by atoms with Crippen LogP contribution in [0, 0.1) is 3.57 Å². The summed E-state index contributed by atoms with van der Waals surface area (Å²) in [6.07, 6.45) is 3.43. The molecule has 0 fully saturated rings. The Balaban J connectivity index is 1.96. The third-order valence-electron chi connectivity index (χ3n) is 2.31. The molecule has 17 heavy (non-hydrogen) atoms. The van der Waals surface area contributed by atoms with Gasteiger partial charge in [-0.3, -0.25) is 9.78 Å². The van der Waals surface area contributed by atoms with E-state index in [1.165, 1.54) is 0 Å². The molecule has 1 aromatic heterocycles. The SMILES string of the molecule is O=C(NCc1ccncc1)c1ccc(I)cc1. The van der Waals surface area contributed by atoms with Crippen LogP contribution in [0.1, 0.15) is 15.9 Å². The van der Waals surface area contributed by atoms with Crippen molar-refractivity contribution in [3.05, 3.63) is 63.5 Å². The smallest absolute Gasteiger partial charge is 0.251 e. The molecule has 0 aliphatic rings. The van der Waals surface area contributed by atoms with Crippen LogP contribution < -0.4 is 5.32 Å². The van der Waals surface area contributed by atoms with E-state index in [0.717, 1.165) is 9.13 Å². The molecule has 2 rings (SSSR count). The second-order valence-corrected chi connectivity index (χ2v) is 4.79. The van der Waals surface area contributed by atoms with E-state index in [-0.39, 0.29) is 5.91 Å². The summed E-state index contributed by atoms with van der Waals surface area (Å²) in [5.74, 6) is -0.0572. The third-order valence-corrected chi connectivity index (χ3v) is 3.03. The molecule has 0 saturated heterocycles. The lowest BCUT2D eigenvalue weighted by Gasteiger charge is -2.05. The average molecular weight is 338 g/mol. The first-order valence-corrected chi connectivity index (χ1v) is 6.26. The summed E-state index contributed by atoms with van der Waals surface area (Å²) in [7, 11) is 0. The Morgan fingerprint density at radius 2 is 1.76 bits per heavy atom. The van der Waals surface area contributed by atoms with E-state index in [2.05, 4.69) is 32.9 Å². The molecule has 0 atom stereocenters. The van der Waals surface area contributed by atoms with Crippen molar-refractivity contribution in [2.24, 2.45) is 0 Å². The Labute approximate surface area is 113 Å². The first kappa shape index (κ1) is 12.0. The van der Waals surface area contributed by atoms with Gasteiger partial charge in [-0.15, -0.1) is 0 Å². The highest BCUT2D eigenvalue weighted by molar-refractivity contribution is 14.1. The minimum Gasteiger partial charge on any atom is -0.348 e. The molecule has 0 unspecified atom stereocenters. The number of rotatable bonds is 3. The van der Waals surface area contributed by atoms with E-state index in [0.29, 0.717) is 12.1 Å². The molecular formula is C13H11IN2O. The number of carbonyl (C=O) groups excluding carboxylic acids is 1. The molecule has 2 aromatic rings. The van der Waals surface area contributed by atoms with Gasteiger partial charge in [0.1, 0.15) is 0 Å². The van der Waals surface area contributed by atoms with Gasteiger partial charge in [-0.1, -0.05) is 0 Å². The first-order chi connectivity index (χ1) is 8.25. The van der Waals surface area contributed by atoms with Gasteiger partial charge in [-0.25, -0.2) is 0 Å². The van der Waals surface area contributed by atoms with Crippen LogP contribution in [0.5, 0.6) is 0 Å². The second-order valence-electron chi connectivity index (χ2n) is 3.55. The molecule has 0 aliphatic heterocycles. The van der Waals surface area contributed by atoms with Crippen molar-refractivity contribution >= 4 is 28.5 Å². The van der Waals surface area contributed by atoms with Crippen molar-refractivity contribution < 1.29 is 4.79 Å². The van der Waals surface area contributed by atoms with E-state index >= 15 is 0 Å². The minimum absolute atomic E-state index is 0.0572. The van der Waals surface area contributed by atoms with E-state index in [1.54, 1.807) is 12.4 Å². The quantitative estimate of drug-likeness (QED) is 0.875. The Morgan fingerprint density at radius 1 is 1.12 bits per heavy atom. The monoisotopic (exact) mass is 338 g/mol. The summed E-state index contributed by atoms with van der Waals surface area (Å²) in [6.45, 7) is 0.521. The zero-order valence-corrected chi connectivity index (χ0v) is 11.2. The van der Waals surface area contributed by atoms with Gasteiger partial charge >= 0.3 is 0 Å². The predicted molar refractivity (Wildman–Crippen MR) is 74.6 cm³/mol. The summed E-state index contributed by atoms with van der Waals surface area (Å²) in [6, 6.07) is 11.2. The molecular weight excluding hydrogens is 327 g/mol. The summed E-state index contributed by atoms with van der Waals surface area (Å²) >= 11 is 2.21. The van der Waals surface area contributed by atoms with Gasteiger partial charge in [0, 0.05) is 28.1 Å². The van der Waals surface area contributed by atoms with Gasteiger partial charge in [0.25, 0.3) is 5.91 Å². The van der Waals surface area contributed by atoms with Crippen LogP contribution in [0.25, 0.3) is 0 Å². The highest BCUT2D eigenvalue weighted by Crippen LogP contribution is 2.07. The van der Waals surface area contributed by atoms with E-state index in [4.69, 9.17) is 0 Å². The largest absolute Gasteiger partial charge is 0.348 e. The Morgan fingerprint density at radius 3 is 2.41 bits per heavy atom. The van der Waals surface area contributed by atoms with Crippen LogP contribution in [0.4, 0.5) is 0 Å². The molecule has 1 N–H and O–H groups in total. The minimum atomic E-state index is -0.0572. The lowest BCUT2D eigenvalue weighted by Crippen LogP contribution is -2.22. The van der Waals surface area contributed by atoms with Gasteiger partial charge in [0.2, 0.25) is 0 Å². The highest BCUT2D eigenvalue weighted by Gasteiger charge is 2.04. The Bertz CT molecular complexity index is 497. The lowest BCUT2D eigenvalue weighted by atomic mass is 10.2. The molecule has 0 saturated carbocycles. The molecule has 0 spiro atoms. The van der Waals surface area contributed by atoms with Crippen molar-refractivity contribution in [2.45, 2.75) is 6.54 Å². The number of benzene rings is 1. The van der Waals surface area contributed by atoms with Crippen molar-refractivity contribution in [3.63, 3.8) is 0 Å². The average Bonchev–Trinajstić information content (AvgIpc) is 2.38. The molecule has 4 heteroatoms. The number of hydrogen-bond donors (Lipinski definition) is 1. The standard InChI is InChI=1S/C13H11IN2O/c14-12-3-1-11(2-4-12)13(17)16-9-10-5-7-15-8-6-10/h1-8H,9H2,(H,16,17). The van der Waals surface area contributed by atoms with Gasteiger partial charge in [0.15, 0.2) is 0 Å². The maximum Gasteiger partial charge on any atom is 0.251 e. The third kappa shape index (κ3) is 3.52. The normalized spacial score (nSPS) is 9.94. The number of carbonyl (C=O) groups is 1. The van der Waals surface area contributed by atoms with Crippen LogP contribution in [0.3, 0.4) is 0 Å². The molecule has 0 bridgehead atoms. The van der Waals surface area contributed by atoms with E-state index in [9.17, 15) is 4.79 Å². The van der Waals surface area contributed by atoms with Crippen LogP contribution in [0.2, 0.25) is 0 Å². The van der Waals surface area contributed by atoms with Crippen LogP contribution in [-0.2, 0) is 6.54 Å². The predicted octanol–water partition coefficient (Wildman–Crippen LogP) is 2.62. The van der Waals surface area contributed by atoms with E-state index < -0.39 is 0 Å². The summed E-state index contributed by atoms with van der Waals surface area (Å²) < 4.78 is 1.12. The number of hydrogen-bond acceptors (Lipinski definition) is 2. The molecule has 86 valence electrons. The summed E-state index contributed by atoms with van der Waals surface area (Å²) in [5, 5.41) is 2.87. The fourth-order valence-electron chi connectivity index (χ4n) is 1.39. The zero-order valence-electron chi connectivity index (χ0n) is 9.06. The fraction of sp³-hybridized carbons (Fsp3) is 0.0769. The van der Waals surface area contributed by atoms with Crippen molar-refractivity contribution in [3.8, 4) is 0 Å². The maximum atomic E-state index is 11.8. The molecule has 1 aromatic carbocycles. The fourth-order valence-corrected chi connectivity index (χ4v) is 1.75. The maximum absolute atomic E-state index is 11.8. The highest BCUT2D eigenvalue weighted by atomic mass is 127.